The van der Waals surface area contributed by atoms with Gasteiger partial charge in [0.25, 0.3) is 0 Å². The summed E-state index contributed by atoms with van der Waals surface area (Å²) < 4.78 is 6.49. The lowest BCUT2D eigenvalue weighted by molar-refractivity contribution is -0.157. The summed E-state index contributed by atoms with van der Waals surface area (Å²) in [7, 11) is 0. The number of nitrogens with zero attached hydrogens (tertiary/aromatic N) is 2. The van der Waals surface area contributed by atoms with Gasteiger partial charge in [0.15, 0.2) is 0 Å². The summed E-state index contributed by atoms with van der Waals surface area (Å²) in [6.07, 6.45) is 11.1. The smallest absolute Gasteiger partial charge is 0.310 e. The normalized spacial score (nSPS) is 34.9. The number of likely N-dealkylation sites (tertiary alicyclic amines) is 1. The molecular formula is C26H40N2O6. The van der Waals surface area contributed by atoms with Crippen LogP contribution in [0.1, 0.15) is 77.6 Å². The number of ether oxygens (including phenoxy) is 1. The van der Waals surface area contributed by atoms with E-state index in [9.17, 15) is 19.5 Å². The van der Waals surface area contributed by atoms with Crippen molar-refractivity contribution in [2.24, 2.45) is 11.8 Å². The van der Waals surface area contributed by atoms with Gasteiger partial charge in [-0.05, 0) is 45.4 Å². The van der Waals surface area contributed by atoms with E-state index in [4.69, 9.17) is 9.84 Å². The molecule has 3 saturated heterocycles. The van der Waals surface area contributed by atoms with Crippen molar-refractivity contribution in [3.63, 3.8) is 0 Å². The molecule has 34 heavy (non-hydrogen) atoms. The molecule has 2 amide bonds. The van der Waals surface area contributed by atoms with Crippen molar-refractivity contribution in [1.82, 2.24) is 9.80 Å². The van der Waals surface area contributed by atoms with Crippen LogP contribution in [0.2, 0.25) is 0 Å². The zero-order valence-corrected chi connectivity index (χ0v) is 20.4. The third-order valence-corrected chi connectivity index (χ3v) is 8.71. The molecule has 1 aliphatic carbocycles. The van der Waals surface area contributed by atoms with Gasteiger partial charge in [-0.15, -0.1) is 6.58 Å². The van der Waals surface area contributed by atoms with Crippen molar-refractivity contribution >= 4 is 17.8 Å². The van der Waals surface area contributed by atoms with Crippen LogP contribution in [0.25, 0.3) is 0 Å². The summed E-state index contributed by atoms with van der Waals surface area (Å²) in [6.45, 7) is 6.61. The van der Waals surface area contributed by atoms with Crippen LogP contribution in [0.3, 0.4) is 0 Å². The van der Waals surface area contributed by atoms with Crippen molar-refractivity contribution < 1.29 is 29.3 Å². The van der Waals surface area contributed by atoms with E-state index in [0.29, 0.717) is 38.8 Å². The average molecular weight is 477 g/mol. The number of carbonyl (C=O) groups excluding carboxylic acids is 2. The number of carbonyl (C=O) groups is 3. The van der Waals surface area contributed by atoms with Crippen LogP contribution >= 0.6 is 0 Å². The second-order valence-electron chi connectivity index (χ2n) is 10.8. The molecule has 0 aromatic heterocycles. The quantitative estimate of drug-likeness (QED) is 0.351. The number of aliphatic hydroxyl groups is 1. The molecule has 2 N–H and O–H groups in total. The van der Waals surface area contributed by atoms with Gasteiger partial charge in [0.05, 0.1) is 17.4 Å². The Hall–Kier alpha value is -1.93. The molecule has 0 aromatic rings. The zero-order valence-electron chi connectivity index (χ0n) is 20.4. The fraction of sp³-hybridized carbons (Fsp3) is 0.808. The number of unbranched alkanes of at least 4 members (excludes halogenated alkanes) is 3. The van der Waals surface area contributed by atoms with E-state index in [0.717, 1.165) is 38.5 Å². The van der Waals surface area contributed by atoms with E-state index in [-0.39, 0.29) is 24.5 Å². The monoisotopic (exact) mass is 476 g/mol. The van der Waals surface area contributed by atoms with Crippen LogP contribution in [0.15, 0.2) is 12.7 Å². The highest BCUT2D eigenvalue weighted by Crippen LogP contribution is 2.63. The molecular weight excluding hydrogens is 436 g/mol. The van der Waals surface area contributed by atoms with Crippen molar-refractivity contribution in [3.05, 3.63) is 12.7 Å². The second-order valence-corrected chi connectivity index (χ2v) is 10.8. The zero-order chi connectivity index (χ0) is 24.5. The standard InChI is InChI=1S/C26H40N2O6/c1-3-15-27(18-11-7-6-8-12-18)23(31)21-26-14-13-25(2,34-26)20(24(32)33)19(26)22(30)28(21)16-9-4-5-10-17-29/h3,18-21,29H,1,4-17H2,2H3,(H,32,33)/t19-,20+,21?,25-,26?/m0/s1. The molecule has 2 unspecified atom stereocenters. The van der Waals surface area contributed by atoms with Crippen LogP contribution < -0.4 is 0 Å². The average Bonchev–Trinajstić information content (AvgIpc) is 3.38. The van der Waals surface area contributed by atoms with Gasteiger partial charge < -0.3 is 24.7 Å². The number of rotatable bonds is 11. The van der Waals surface area contributed by atoms with E-state index in [1.165, 1.54) is 6.42 Å². The molecule has 0 aromatic carbocycles. The third kappa shape index (κ3) is 4.06. The number of carboxylic acids is 1. The molecule has 3 aliphatic heterocycles. The first kappa shape index (κ1) is 25.2. The Morgan fingerprint density at radius 3 is 2.53 bits per heavy atom. The molecule has 1 spiro atoms. The van der Waals surface area contributed by atoms with Gasteiger partial charge in [0.2, 0.25) is 11.8 Å². The summed E-state index contributed by atoms with van der Waals surface area (Å²) in [5.74, 6) is -3.15. The Kier molecular flexibility index (Phi) is 7.38. The van der Waals surface area contributed by atoms with E-state index in [1.807, 2.05) is 4.90 Å². The minimum Gasteiger partial charge on any atom is -0.481 e. The number of amides is 2. The molecule has 8 heteroatoms. The largest absolute Gasteiger partial charge is 0.481 e. The third-order valence-electron chi connectivity index (χ3n) is 8.71. The fourth-order valence-corrected chi connectivity index (χ4v) is 7.18. The molecule has 4 rings (SSSR count). The van der Waals surface area contributed by atoms with Crippen molar-refractivity contribution in [3.8, 4) is 0 Å². The summed E-state index contributed by atoms with van der Waals surface area (Å²) >= 11 is 0. The molecule has 4 fully saturated rings. The highest BCUT2D eigenvalue weighted by molar-refractivity contribution is 5.98. The lowest BCUT2D eigenvalue weighted by Gasteiger charge is -2.40. The summed E-state index contributed by atoms with van der Waals surface area (Å²) in [5.41, 5.74) is -2.00. The maximum atomic E-state index is 14.3. The first-order valence-electron chi connectivity index (χ1n) is 13.1. The molecule has 2 bridgehead atoms. The van der Waals surface area contributed by atoms with Gasteiger partial charge in [-0.3, -0.25) is 14.4 Å². The highest BCUT2D eigenvalue weighted by Gasteiger charge is 2.78. The minimum absolute atomic E-state index is 0.112. The maximum Gasteiger partial charge on any atom is 0.310 e. The van der Waals surface area contributed by atoms with E-state index in [1.54, 1.807) is 17.9 Å². The SMILES string of the molecule is C=CCN(C(=O)C1N(CCCCCCO)C(=O)[C@@H]2[C@H](C(=O)O)[C@]3(C)CCC12O3)C1CCCCC1. The molecule has 1 saturated carbocycles. The molecule has 0 radical (unpaired) electrons. The Morgan fingerprint density at radius 1 is 1.18 bits per heavy atom. The van der Waals surface area contributed by atoms with E-state index >= 15 is 0 Å². The van der Waals surface area contributed by atoms with Crippen molar-refractivity contribution in [1.29, 1.82) is 0 Å². The Labute approximate surface area is 202 Å². The predicted octanol–water partition coefficient (Wildman–Crippen LogP) is 2.74. The van der Waals surface area contributed by atoms with Crippen LogP contribution in [0, 0.1) is 11.8 Å². The molecule has 3 heterocycles. The molecule has 190 valence electrons. The fourth-order valence-electron chi connectivity index (χ4n) is 7.18. The summed E-state index contributed by atoms with van der Waals surface area (Å²) in [6, 6.07) is -0.684. The van der Waals surface area contributed by atoms with Crippen LogP contribution in [-0.2, 0) is 19.1 Å². The highest BCUT2D eigenvalue weighted by atomic mass is 16.5. The number of carboxylic acid groups (broad SMARTS) is 1. The number of aliphatic carboxylic acids is 1. The number of hydrogen-bond donors (Lipinski definition) is 2. The number of fused-ring (bicyclic) bond motifs is 1. The Morgan fingerprint density at radius 2 is 1.88 bits per heavy atom. The Bertz CT molecular complexity index is 811. The van der Waals surface area contributed by atoms with Gasteiger partial charge in [-0.25, -0.2) is 0 Å². The summed E-state index contributed by atoms with van der Waals surface area (Å²) in [5, 5.41) is 19.1. The molecule has 4 aliphatic rings. The first-order chi connectivity index (χ1) is 16.3. The van der Waals surface area contributed by atoms with Gasteiger partial charge in [-0.1, -0.05) is 38.2 Å². The number of aliphatic hydroxyl groups excluding tert-OH is 1. The van der Waals surface area contributed by atoms with Crippen LogP contribution in [0.5, 0.6) is 0 Å². The first-order valence-corrected chi connectivity index (χ1v) is 13.1. The van der Waals surface area contributed by atoms with Crippen LogP contribution in [0.4, 0.5) is 0 Å². The summed E-state index contributed by atoms with van der Waals surface area (Å²) in [4.78, 5) is 43.9. The van der Waals surface area contributed by atoms with Gasteiger partial charge >= 0.3 is 5.97 Å². The maximum absolute atomic E-state index is 14.3. The minimum atomic E-state index is -1.08. The topological polar surface area (TPSA) is 107 Å². The lowest BCUT2D eigenvalue weighted by Crippen LogP contribution is -2.58. The number of hydrogen-bond acceptors (Lipinski definition) is 5. The second kappa shape index (κ2) is 9.97. The van der Waals surface area contributed by atoms with E-state index in [2.05, 4.69) is 6.58 Å². The van der Waals surface area contributed by atoms with Gasteiger partial charge in [0, 0.05) is 25.7 Å². The van der Waals surface area contributed by atoms with Crippen molar-refractivity contribution in [2.45, 2.75) is 101 Å². The van der Waals surface area contributed by atoms with E-state index < -0.39 is 35.0 Å². The van der Waals surface area contributed by atoms with Gasteiger partial charge in [-0.2, -0.15) is 0 Å². The lowest BCUT2D eigenvalue weighted by atomic mass is 9.66. The Balaban J connectivity index is 1.67. The van der Waals surface area contributed by atoms with Crippen molar-refractivity contribution in [2.75, 3.05) is 19.7 Å². The molecule has 8 nitrogen and oxygen atoms in total. The molecule has 5 atom stereocenters. The van der Waals surface area contributed by atoms with Gasteiger partial charge in [0.1, 0.15) is 11.6 Å². The van der Waals surface area contributed by atoms with Crippen LogP contribution in [-0.4, -0.2) is 80.8 Å². The predicted molar refractivity (Wildman–Crippen MR) is 126 cm³/mol.